The molecule has 0 bridgehead atoms. The lowest BCUT2D eigenvalue weighted by Gasteiger charge is -2.09. The van der Waals surface area contributed by atoms with Gasteiger partial charge in [0.05, 0.1) is 24.7 Å². The molecule has 102 valence electrons. The van der Waals surface area contributed by atoms with Crippen molar-refractivity contribution in [3.63, 3.8) is 0 Å². The summed E-state index contributed by atoms with van der Waals surface area (Å²) in [6, 6.07) is 7.54. The Kier molecular flexibility index (Phi) is 3.99. The van der Waals surface area contributed by atoms with Gasteiger partial charge in [-0.3, -0.25) is 0 Å². The maximum atomic E-state index is 12.5. The summed E-state index contributed by atoms with van der Waals surface area (Å²) in [6.07, 6.45) is 1.30. The third kappa shape index (κ3) is 3.01. The molecule has 0 saturated heterocycles. The highest BCUT2D eigenvalue weighted by molar-refractivity contribution is 5.47. The first-order valence-corrected chi connectivity index (χ1v) is 5.81. The van der Waals surface area contributed by atoms with E-state index in [0.29, 0.717) is 22.6 Å². The lowest BCUT2D eigenvalue weighted by Crippen LogP contribution is -2.01. The van der Waals surface area contributed by atoms with Crippen molar-refractivity contribution in [1.82, 2.24) is 9.78 Å². The summed E-state index contributed by atoms with van der Waals surface area (Å²) < 4.78 is 30.9. The van der Waals surface area contributed by atoms with Gasteiger partial charge in [0.2, 0.25) is 0 Å². The van der Waals surface area contributed by atoms with E-state index in [1.54, 1.807) is 14.0 Å². The molecule has 0 radical (unpaired) electrons. The number of hydrogen-bond donors (Lipinski definition) is 1. The normalized spacial score (nSPS) is 10.8. The van der Waals surface area contributed by atoms with Crippen LogP contribution in [0.15, 0.2) is 30.5 Å². The van der Waals surface area contributed by atoms with Crippen molar-refractivity contribution >= 4 is 5.69 Å². The Hall–Kier alpha value is -2.11. The number of ether oxygens (including phenoxy) is 1. The summed E-state index contributed by atoms with van der Waals surface area (Å²) in [6.45, 7) is -0.455. The van der Waals surface area contributed by atoms with Gasteiger partial charge < -0.3 is 10.1 Å². The largest absolute Gasteiger partial charge is 0.496 e. The van der Waals surface area contributed by atoms with Crippen molar-refractivity contribution in [3.05, 3.63) is 41.7 Å². The standard InChI is InChI=1S/C13H15F2N3O/c1-9-11(8-18(17-9)13(14)15)16-7-10-5-3-4-6-12(10)19-2/h3-6,8,13,16H,7H2,1-2H3. The summed E-state index contributed by atoms with van der Waals surface area (Å²) in [4.78, 5) is 0. The quantitative estimate of drug-likeness (QED) is 0.904. The van der Waals surface area contributed by atoms with E-state index < -0.39 is 6.55 Å². The van der Waals surface area contributed by atoms with E-state index in [4.69, 9.17) is 4.74 Å². The van der Waals surface area contributed by atoms with Gasteiger partial charge in [0.25, 0.3) is 0 Å². The molecule has 0 saturated carbocycles. The topological polar surface area (TPSA) is 39.1 Å². The SMILES string of the molecule is COc1ccccc1CNc1cn(C(F)F)nc1C. The van der Waals surface area contributed by atoms with Gasteiger partial charge >= 0.3 is 6.55 Å². The van der Waals surface area contributed by atoms with Crippen LogP contribution in [-0.4, -0.2) is 16.9 Å². The monoisotopic (exact) mass is 267 g/mol. The predicted octanol–water partition coefficient (Wildman–Crippen LogP) is 3.21. The number of nitrogens with one attached hydrogen (secondary N) is 1. The van der Waals surface area contributed by atoms with E-state index in [9.17, 15) is 8.78 Å². The van der Waals surface area contributed by atoms with Gasteiger partial charge in [0, 0.05) is 12.1 Å². The second-order valence-electron chi connectivity index (χ2n) is 4.05. The number of anilines is 1. The van der Waals surface area contributed by atoms with Crippen LogP contribution in [0.25, 0.3) is 0 Å². The Labute approximate surface area is 110 Å². The predicted molar refractivity (Wildman–Crippen MR) is 68.5 cm³/mol. The zero-order valence-electron chi connectivity index (χ0n) is 10.7. The van der Waals surface area contributed by atoms with Crippen LogP contribution in [0.2, 0.25) is 0 Å². The van der Waals surface area contributed by atoms with Crippen LogP contribution in [0.1, 0.15) is 17.8 Å². The fraction of sp³-hybridized carbons (Fsp3) is 0.308. The second-order valence-corrected chi connectivity index (χ2v) is 4.05. The molecule has 2 rings (SSSR count). The first kappa shape index (κ1) is 13.3. The fourth-order valence-corrected chi connectivity index (χ4v) is 1.79. The highest BCUT2D eigenvalue weighted by atomic mass is 19.3. The van der Waals surface area contributed by atoms with Gasteiger partial charge in [-0.05, 0) is 13.0 Å². The van der Waals surface area contributed by atoms with Gasteiger partial charge in [-0.15, -0.1) is 0 Å². The maximum absolute atomic E-state index is 12.5. The van der Waals surface area contributed by atoms with E-state index in [1.165, 1.54) is 6.20 Å². The summed E-state index contributed by atoms with van der Waals surface area (Å²) in [7, 11) is 1.60. The average molecular weight is 267 g/mol. The van der Waals surface area contributed by atoms with Gasteiger partial charge in [-0.2, -0.15) is 13.9 Å². The van der Waals surface area contributed by atoms with E-state index >= 15 is 0 Å². The summed E-state index contributed by atoms with van der Waals surface area (Å²) in [5.74, 6) is 0.758. The molecule has 2 aromatic rings. The highest BCUT2D eigenvalue weighted by Crippen LogP contribution is 2.21. The number of aromatic nitrogens is 2. The molecule has 0 aliphatic heterocycles. The number of halogens is 2. The second kappa shape index (κ2) is 5.69. The van der Waals surface area contributed by atoms with Crippen LogP contribution in [0, 0.1) is 6.92 Å². The number of para-hydroxylation sites is 1. The summed E-state index contributed by atoms with van der Waals surface area (Å²) in [5, 5.41) is 6.82. The van der Waals surface area contributed by atoms with Crippen LogP contribution in [0.5, 0.6) is 5.75 Å². The number of rotatable bonds is 5. The minimum absolute atomic E-state index is 0.486. The highest BCUT2D eigenvalue weighted by Gasteiger charge is 2.11. The molecule has 1 aromatic heterocycles. The molecule has 1 heterocycles. The molecule has 0 aliphatic carbocycles. The first-order valence-electron chi connectivity index (χ1n) is 5.81. The smallest absolute Gasteiger partial charge is 0.333 e. The van der Waals surface area contributed by atoms with E-state index in [1.807, 2.05) is 24.3 Å². The van der Waals surface area contributed by atoms with Crippen molar-refractivity contribution in [2.45, 2.75) is 20.0 Å². The van der Waals surface area contributed by atoms with Crippen LogP contribution < -0.4 is 10.1 Å². The first-order chi connectivity index (χ1) is 9.11. The molecule has 6 heteroatoms. The number of hydrogen-bond acceptors (Lipinski definition) is 3. The number of benzene rings is 1. The van der Waals surface area contributed by atoms with Crippen molar-refractivity contribution in [2.75, 3.05) is 12.4 Å². The number of aryl methyl sites for hydroxylation is 1. The van der Waals surface area contributed by atoms with E-state index in [2.05, 4.69) is 10.4 Å². The van der Waals surface area contributed by atoms with Gasteiger partial charge in [0.15, 0.2) is 0 Å². The summed E-state index contributed by atoms with van der Waals surface area (Å²) >= 11 is 0. The molecule has 0 aliphatic rings. The third-order valence-corrected chi connectivity index (χ3v) is 2.78. The van der Waals surface area contributed by atoms with Crippen molar-refractivity contribution in [1.29, 1.82) is 0 Å². The van der Waals surface area contributed by atoms with E-state index in [0.717, 1.165) is 11.3 Å². The number of alkyl halides is 2. The molecular formula is C13H15F2N3O. The average Bonchev–Trinajstić information content (AvgIpc) is 2.78. The van der Waals surface area contributed by atoms with Gasteiger partial charge in [-0.1, -0.05) is 18.2 Å². The van der Waals surface area contributed by atoms with Crippen molar-refractivity contribution in [2.24, 2.45) is 0 Å². The van der Waals surface area contributed by atoms with E-state index in [-0.39, 0.29) is 0 Å². The zero-order valence-corrected chi connectivity index (χ0v) is 10.7. The molecule has 1 aromatic carbocycles. The van der Waals surface area contributed by atoms with Crippen molar-refractivity contribution in [3.8, 4) is 5.75 Å². The Morgan fingerprint density at radius 2 is 2.11 bits per heavy atom. The molecule has 0 spiro atoms. The minimum Gasteiger partial charge on any atom is -0.496 e. The molecule has 0 unspecified atom stereocenters. The molecule has 19 heavy (non-hydrogen) atoms. The third-order valence-electron chi connectivity index (χ3n) is 2.78. The van der Waals surface area contributed by atoms with Crippen LogP contribution in [0.3, 0.4) is 0 Å². The molecule has 1 N–H and O–H groups in total. The molecule has 0 fully saturated rings. The molecule has 4 nitrogen and oxygen atoms in total. The Balaban J connectivity index is 2.10. The lowest BCUT2D eigenvalue weighted by molar-refractivity contribution is 0.0563. The minimum atomic E-state index is -2.62. The fourth-order valence-electron chi connectivity index (χ4n) is 1.79. The number of nitrogens with zero attached hydrogens (tertiary/aromatic N) is 2. The Morgan fingerprint density at radius 3 is 2.74 bits per heavy atom. The number of methoxy groups -OCH3 is 1. The van der Waals surface area contributed by atoms with Crippen LogP contribution >= 0.6 is 0 Å². The molecule has 0 amide bonds. The summed E-state index contributed by atoms with van der Waals surface area (Å²) in [5.41, 5.74) is 2.08. The Bertz CT molecular complexity index is 555. The lowest BCUT2D eigenvalue weighted by atomic mass is 10.2. The van der Waals surface area contributed by atoms with Crippen molar-refractivity contribution < 1.29 is 13.5 Å². The van der Waals surface area contributed by atoms with Crippen LogP contribution in [-0.2, 0) is 6.54 Å². The van der Waals surface area contributed by atoms with Gasteiger partial charge in [0.1, 0.15) is 5.75 Å². The maximum Gasteiger partial charge on any atom is 0.333 e. The molecule has 0 atom stereocenters. The Morgan fingerprint density at radius 1 is 1.37 bits per heavy atom. The van der Waals surface area contributed by atoms with Gasteiger partial charge in [-0.25, -0.2) is 4.68 Å². The zero-order chi connectivity index (χ0) is 13.8. The molecular weight excluding hydrogens is 252 g/mol. The van der Waals surface area contributed by atoms with Crippen LogP contribution in [0.4, 0.5) is 14.5 Å².